The number of nitrogens with two attached hydrogens (primary N) is 1. The molecule has 1 heterocycles. The zero-order valence-electron chi connectivity index (χ0n) is 12.3. The third-order valence-electron chi connectivity index (χ3n) is 3.97. The Hall–Kier alpha value is 0.180. The average Bonchev–Trinajstić information content (AvgIpc) is 2.34. The van der Waals surface area contributed by atoms with Gasteiger partial charge in [0.15, 0.2) is 9.84 Å². The van der Waals surface area contributed by atoms with Crippen LogP contribution in [0.2, 0.25) is 0 Å². The van der Waals surface area contributed by atoms with Gasteiger partial charge in [-0.2, -0.15) is 11.8 Å². The molecule has 0 saturated carbocycles. The monoisotopic (exact) mass is 310 g/mol. The fourth-order valence-electron chi connectivity index (χ4n) is 2.69. The fourth-order valence-corrected chi connectivity index (χ4v) is 5.62. The van der Waals surface area contributed by atoms with E-state index < -0.39 is 20.8 Å². The van der Waals surface area contributed by atoms with Gasteiger partial charge in [-0.25, -0.2) is 8.42 Å². The Morgan fingerprint density at radius 3 is 2.58 bits per heavy atom. The number of sulfone groups is 1. The van der Waals surface area contributed by atoms with E-state index in [9.17, 15) is 8.42 Å². The van der Waals surface area contributed by atoms with Gasteiger partial charge < -0.3 is 10.5 Å². The molecular formula is C12H26N2O3S2. The number of nitrogens with zero attached hydrogens (tertiary/aromatic N) is 1. The Morgan fingerprint density at radius 2 is 2.16 bits per heavy atom. The Balaban J connectivity index is 3.17. The van der Waals surface area contributed by atoms with Crippen molar-refractivity contribution in [3.05, 3.63) is 0 Å². The predicted molar refractivity (Wildman–Crippen MR) is 81.2 cm³/mol. The van der Waals surface area contributed by atoms with Crippen LogP contribution in [-0.4, -0.2) is 68.8 Å². The lowest BCUT2D eigenvalue weighted by Crippen LogP contribution is -2.66. The minimum atomic E-state index is -3.13. The summed E-state index contributed by atoms with van der Waals surface area (Å²) >= 11 is 1.69. The Bertz CT molecular complexity index is 386. The highest BCUT2D eigenvalue weighted by Crippen LogP contribution is 2.32. The number of thioether (sulfide) groups is 1. The normalized spacial score (nSPS) is 25.5. The molecule has 114 valence electrons. The molecule has 5 nitrogen and oxygen atoms in total. The molecular weight excluding hydrogens is 284 g/mol. The van der Waals surface area contributed by atoms with Crippen LogP contribution < -0.4 is 5.73 Å². The summed E-state index contributed by atoms with van der Waals surface area (Å²) in [5.41, 5.74) is 5.59. The fraction of sp³-hybridized carbons (Fsp3) is 1.00. The van der Waals surface area contributed by atoms with Gasteiger partial charge in [0, 0.05) is 38.0 Å². The van der Waals surface area contributed by atoms with Crippen LogP contribution in [0.25, 0.3) is 0 Å². The van der Waals surface area contributed by atoms with Crippen molar-refractivity contribution in [3.8, 4) is 0 Å². The van der Waals surface area contributed by atoms with Gasteiger partial charge in [-0.1, -0.05) is 13.8 Å². The summed E-state index contributed by atoms with van der Waals surface area (Å²) in [5.74, 6) is 1.77. The van der Waals surface area contributed by atoms with E-state index in [0.29, 0.717) is 18.9 Å². The van der Waals surface area contributed by atoms with E-state index in [-0.39, 0.29) is 5.92 Å². The Labute approximate surface area is 121 Å². The van der Waals surface area contributed by atoms with Crippen molar-refractivity contribution >= 4 is 21.6 Å². The second-order valence-electron chi connectivity index (χ2n) is 5.45. The van der Waals surface area contributed by atoms with E-state index in [2.05, 4.69) is 18.7 Å². The first kappa shape index (κ1) is 17.2. The van der Waals surface area contributed by atoms with Gasteiger partial charge in [-0.05, 0) is 5.92 Å². The zero-order valence-corrected chi connectivity index (χ0v) is 13.9. The quantitative estimate of drug-likeness (QED) is 0.766. The van der Waals surface area contributed by atoms with Gasteiger partial charge in [0.2, 0.25) is 0 Å². The van der Waals surface area contributed by atoms with Gasteiger partial charge in [0.25, 0.3) is 0 Å². The lowest BCUT2D eigenvalue weighted by Gasteiger charge is -2.50. The number of methoxy groups -OCH3 is 1. The molecule has 0 aromatic heterocycles. The molecule has 1 saturated heterocycles. The largest absolute Gasteiger partial charge is 0.383 e. The zero-order chi connectivity index (χ0) is 14.7. The molecule has 0 spiro atoms. The maximum absolute atomic E-state index is 12.0. The first-order valence-corrected chi connectivity index (χ1v) is 9.63. The lowest BCUT2D eigenvalue weighted by molar-refractivity contribution is -0.0189. The second kappa shape index (κ2) is 6.76. The number of hydrogen-bond donors (Lipinski definition) is 1. The smallest absolute Gasteiger partial charge is 0.164 e. The van der Waals surface area contributed by atoms with E-state index in [1.165, 1.54) is 6.26 Å². The molecule has 19 heavy (non-hydrogen) atoms. The summed E-state index contributed by atoms with van der Waals surface area (Å²) in [6.45, 7) is 5.74. The predicted octanol–water partition coefficient (Wildman–Crippen LogP) is 0.406. The molecule has 0 aromatic carbocycles. The van der Waals surface area contributed by atoms with Gasteiger partial charge in [0.1, 0.15) is 5.37 Å². The molecule has 1 aliphatic heterocycles. The van der Waals surface area contributed by atoms with E-state index in [1.807, 2.05) is 0 Å². The molecule has 0 bridgehead atoms. The molecule has 2 unspecified atom stereocenters. The van der Waals surface area contributed by atoms with Crippen LogP contribution in [-0.2, 0) is 14.6 Å². The van der Waals surface area contributed by atoms with Crippen LogP contribution in [0.4, 0.5) is 0 Å². The highest BCUT2D eigenvalue weighted by Gasteiger charge is 2.46. The van der Waals surface area contributed by atoms with Crippen LogP contribution in [0, 0.1) is 5.92 Å². The third-order valence-corrected chi connectivity index (χ3v) is 6.62. The summed E-state index contributed by atoms with van der Waals surface area (Å²) in [7, 11) is -1.49. The van der Waals surface area contributed by atoms with Gasteiger partial charge >= 0.3 is 0 Å². The summed E-state index contributed by atoms with van der Waals surface area (Å²) in [5, 5.41) is -0.465. The van der Waals surface area contributed by atoms with Crippen molar-refractivity contribution in [3.63, 3.8) is 0 Å². The first-order valence-electron chi connectivity index (χ1n) is 6.52. The summed E-state index contributed by atoms with van der Waals surface area (Å²) < 4.78 is 29.4. The van der Waals surface area contributed by atoms with Crippen molar-refractivity contribution in [1.82, 2.24) is 4.90 Å². The van der Waals surface area contributed by atoms with E-state index in [1.54, 1.807) is 18.9 Å². The molecule has 1 rings (SSSR count). The molecule has 2 atom stereocenters. The first-order chi connectivity index (χ1) is 8.79. The van der Waals surface area contributed by atoms with Gasteiger partial charge in [-0.3, -0.25) is 4.90 Å². The molecule has 1 aliphatic rings. The van der Waals surface area contributed by atoms with Crippen LogP contribution in [0.15, 0.2) is 0 Å². The van der Waals surface area contributed by atoms with Crippen molar-refractivity contribution in [2.75, 3.05) is 44.6 Å². The molecule has 0 radical (unpaired) electrons. The van der Waals surface area contributed by atoms with Crippen molar-refractivity contribution < 1.29 is 13.2 Å². The average molecular weight is 310 g/mol. The highest BCUT2D eigenvalue weighted by atomic mass is 32.2. The lowest BCUT2D eigenvalue weighted by atomic mass is 9.85. The van der Waals surface area contributed by atoms with Gasteiger partial charge in [-0.15, -0.1) is 0 Å². The van der Waals surface area contributed by atoms with Gasteiger partial charge in [0.05, 0.1) is 12.1 Å². The Morgan fingerprint density at radius 1 is 1.53 bits per heavy atom. The molecule has 7 heteroatoms. The SMILES string of the molecule is COCC(CN)(C(C)C)N1CCSCC1S(C)(=O)=O. The maximum atomic E-state index is 12.0. The summed E-state index contributed by atoms with van der Waals surface area (Å²) in [4.78, 5) is 2.06. The van der Waals surface area contributed by atoms with E-state index >= 15 is 0 Å². The topological polar surface area (TPSA) is 72.6 Å². The summed E-state index contributed by atoms with van der Waals surface area (Å²) in [6, 6.07) is 0. The maximum Gasteiger partial charge on any atom is 0.164 e. The molecule has 1 fully saturated rings. The summed E-state index contributed by atoms with van der Waals surface area (Å²) in [6.07, 6.45) is 1.31. The molecule has 2 N–H and O–H groups in total. The van der Waals surface area contributed by atoms with Crippen LogP contribution >= 0.6 is 11.8 Å². The van der Waals surface area contributed by atoms with Crippen molar-refractivity contribution in [1.29, 1.82) is 0 Å². The van der Waals surface area contributed by atoms with E-state index in [4.69, 9.17) is 10.5 Å². The number of hydrogen-bond acceptors (Lipinski definition) is 6. The number of rotatable bonds is 6. The van der Waals surface area contributed by atoms with E-state index in [0.717, 1.165) is 12.3 Å². The molecule has 0 aliphatic carbocycles. The molecule has 0 amide bonds. The van der Waals surface area contributed by atoms with Crippen molar-refractivity contribution in [2.24, 2.45) is 11.7 Å². The highest BCUT2D eigenvalue weighted by molar-refractivity contribution is 8.00. The third kappa shape index (κ3) is 3.64. The van der Waals surface area contributed by atoms with Crippen LogP contribution in [0.1, 0.15) is 13.8 Å². The second-order valence-corrected chi connectivity index (χ2v) is 8.80. The minimum Gasteiger partial charge on any atom is -0.383 e. The Kier molecular flexibility index (Phi) is 6.13. The van der Waals surface area contributed by atoms with Crippen LogP contribution in [0.3, 0.4) is 0 Å². The minimum absolute atomic E-state index is 0.227. The van der Waals surface area contributed by atoms with Crippen LogP contribution in [0.5, 0.6) is 0 Å². The standard InChI is InChI=1S/C12H26N2O3S2/c1-10(2)12(8-13,9-17-3)14-5-6-18-7-11(14)19(4,15)16/h10-11H,5-9,13H2,1-4H3. The van der Waals surface area contributed by atoms with Crippen molar-refractivity contribution in [2.45, 2.75) is 24.8 Å². The number of ether oxygens (including phenoxy) is 1. The molecule has 0 aromatic rings.